The largest absolute Gasteiger partial charge is 0.311 e. The van der Waals surface area contributed by atoms with Gasteiger partial charge in [0.2, 0.25) is 0 Å². The van der Waals surface area contributed by atoms with Gasteiger partial charge in [0.15, 0.2) is 0 Å². The summed E-state index contributed by atoms with van der Waals surface area (Å²) < 4.78 is 0. The van der Waals surface area contributed by atoms with Gasteiger partial charge in [-0.2, -0.15) is 0 Å². The maximum absolute atomic E-state index is 4.08. The highest BCUT2D eigenvalue weighted by Crippen LogP contribution is 1.95. The smallest absolute Gasteiger partial charge is 0.0312 e. The first-order chi connectivity index (χ1) is 7.20. The Morgan fingerprint density at radius 3 is 2.87 bits per heavy atom. The van der Waals surface area contributed by atoms with Crippen molar-refractivity contribution in [3.63, 3.8) is 0 Å². The van der Waals surface area contributed by atoms with Gasteiger partial charge in [0.1, 0.15) is 0 Å². The predicted molar refractivity (Wildman–Crippen MR) is 63.7 cm³/mol. The van der Waals surface area contributed by atoms with Gasteiger partial charge in [-0.3, -0.25) is 4.98 Å². The van der Waals surface area contributed by atoms with E-state index in [-0.39, 0.29) is 0 Å². The highest BCUT2D eigenvalue weighted by molar-refractivity contribution is 5.07. The van der Waals surface area contributed by atoms with Gasteiger partial charge in [0.05, 0.1) is 0 Å². The number of aromatic nitrogens is 1. The third-order valence-corrected chi connectivity index (χ3v) is 2.57. The number of nitrogens with zero attached hydrogens (tertiary/aromatic N) is 2. The molecule has 1 aromatic rings. The van der Waals surface area contributed by atoms with E-state index in [1.165, 1.54) is 5.56 Å². The van der Waals surface area contributed by atoms with Crippen LogP contribution in [-0.4, -0.2) is 36.1 Å². The quantitative estimate of drug-likeness (QED) is 0.717. The van der Waals surface area contributed by atoms with E-state index >= 15 is 0 Å². The van der Waals surface area contributed by atoms with E-state index in [9.17, 15) is 0 Å². The molecule has 3 nitrogen and oxygen atoms in total. The third-order valence-electron chi connectivity index (χ3n) is 2.57. The average molecular weight is 207 g/mol. The molecular formula is C12H21N3. The van der Waals surface area contributed by atoms with Crippen molar-refractivity contribution >= 4 is 0 Å². The van der Waals surface area contributed by atoms with Crippen LogP contribution in [-0.2, 0) is 6.54 Å². The Kier molecular flexibility index (Phi) is 5.29. The van der Waals surface area contributed by atoms with Crippen molar-refractivity contribution in [3.8, 4) is 0 Å². The SMILES string of the molecule is CC(C)N(C)CCNCc1cccnc1. The summed E-state index contributed by atoms with van der Waals surface area (Å²) >= 11 is 0. The molecule has 0 saturated heterocycles. The molecule has 0 aromatic carbocycles. The second kappa shape index (κ2) is 6.53. The molecule has 0 fully saturated rings. The molecule has 1 N–H and O–H groups in total. The first kappa shape index (κ1) is 12.1. The molecule has 0 radical (unpaired) electrons. The monoisotopic (exact) mass is 207 g/mol. The fraction of sp³-hybridized carbons (Fsp3) is 0.583. The van der Waals surface area contributed by atoms with Gasteiger partial charge in [-0.1, -0.05) is 6.07 Å². The normalized spacial score (nSPS) is 11.3. The minimum Gasteiger partial charge on any atom is -0.311 e. The lowest BCUT2D eigenvalue weighted by atomic mass is 10.3. The molecule has 0 amide bonds. The molecule has 0 aliphatic carbocycles. The van der Waals surface area contributed by atoms with Crippen molar-refractivity contribution < 1.29 is 0 Å². The van der Waals surface area contributed by atoms with Gasteiger partial charge in [-0.05, 0) is 32.5 Å². The fourth-order valence-corrected chi connectivity index (χ4v) is 1.25. The van der Waals surface area contributed by atoms with Crippen molar-refractivity contribution in [2.24, 2.45) is 0 Å². The van der Waals surface area contributed by atoms with Gasteiger partial charge in [0, 0.05) is 38.1 Å². The van der Waals surface area contributed by atoms with E-state index in [1.54, 1.807) is 6.20 Å². The Morgan fingerprint density at radius 1 is 1.47 bits per heavy atom. The van der Waals surface area contributed by atoms with Gasteiger partial charge >= 0.3 is 0 Å². The topological polar surface area (TPSA) is 28.2 Å². The molecule has 0 atom stereocenters. The zero-order chi connectivity index (χ0) is 11.1. The molecule has 1 aromatic heterocycles. The highest BCUT2D eigenvalue weighted by atomic mass is 15.1. The molecule has 3 heteroatoms. The molecule has 0 bridgehead atoms. The average Bonchev–Trinajstić information content (AvgIpc) is 2.25. The summed E-state index contributed by atoms with van der Waals surface area (Å²) in [6.07, 6.45) is 3.70. The number of hydrogen-bond acceptors (Lipinski definition) is 3. The Bertz CT molecular complexity index is 259. The van der Waals surface area contributed by atoms with Crippen molar-refractivity contribution in [2.45, 2.75) is 26.4 Å². The van der Waals surface area contributed by atoms with Crippen LogP contribution >= 0.6 is 0 Å². The molecule has 0 aliphatic rings. The summed E-state index contributed by atoms with van der Waals surface area (Å²) in [5.74, 6) is 0. The molecule has 1 heterocycles. The standard InChI is InChI=1S/C12H21N3/c1-11(2)15(3)8-7-14-10-12-5-4-6-13-9-12/h4-6,9,11,14H,7-8,10H2,1-3H3. The van der Waals surface area contributed by atoms with Crippen LogP contribution in [0.3, 0.4) is 0 Å². The van der Waals surface area contributed by atoms with Crippen LogP contribution in [0.5, 0.6) is 0 Å². The molecule has 84 valence electrons. The molecule has 0 unspecified atom stereocenters. The third kappa shape index (κ3) is 4.91. The lowest BCUT2D eigenvalue weighted by Crippen LogP contribution is -2.33. The molecule has 15 heavy (non-hydrogen) atoms. The Morgan fingerprint density at radius 2 is 2.27 bits per heavy atom. The van der Waals surface area contributed by atoms with E-state index in [0.717, 1.165) is 19.6 Å². The van der Waals surface area contributed by atoms with E-state index in [2.05, 4.69) is 42.2 Å². The van der Waals surface area contributed by atoms with Crippen LogP contribution in [0.2, 0.25) is 0 Å². The molecule has 0 spiro atoms. The zero-order valence-corrected chi connectivity index (χ0v) is 9.90. The number of likely N-dealkylation sites (N-methyl/N-ethyl adjacent to an activating group) is 1. The number of hydrogen-bond donors (Lipinski definition) is 1. The highest BCUT2D eigenvalue weighted by Gasteiger charge is 2.01. The van der Waals surface area contributed by atoms with E-state index in [1.807, 2.05) is 12.3 Å². The second-order valence-electron chi connectivity index (χ2n) is 4.11. The lowest BCUT2D eigenvalue weighted by molar-refractivity contribution is 0.273. The van der Waals surface area contributed by atoms with Crippen molar-refractivity contribution in [1.82, 2.24) is 15.2 Å². The van der Waals surface area contributed by atoms with E-state index in [0.29, 0.717) is 6.04 Å². The van der Waals surface area contributed by atoms with Crippen molar-refractivity contribution in [1.29, 1.82) is 0 Å². The molecule has 0 saturated carbocycles. The van der Waals surface area contributed by atoms with Crippen LogP contribution in [0.25, 0.3) is 0 Å². The van der Waals surface area contributed by atoms with Crippen molar-refractivity contribution in [2.75, 3.05) is 20.1 Å². The van der Waals surface area contributed by atoms with Gasteiger partial charge < -0.3 is 10.2 Å². The van der Waals surface area contributed by atoms with E-state index < -0.39 is 0 Å². The van der Waals surface area contributed by atoms with Crippen LogP contribution < -0.4 is 5.32 Å². The fourth-order valence-electron chi connectivity index (χ4n) is 1.25. The predicted octanol–water partition coefficient (Wildman–Crippen LogP) is 1.51. The number of pyridine rings is 1. The zero-order valence-electron chi connectivity index (χ0n) is 9.90. The molecule has 0 aliphatic heterocycles. The second-order valence-corrected chi connectivity index (χ2v) is 4.11. The number of rotatable bonds is 6. The summed E-state index contributed by atoms with van der Waals surface area (Å²) in [5, 5.41) is 3.41. The van der Waals surface area contributed by atoms with Gasteiger partial charge in [-0.25, -0.2) is 0 Å². The minimum atomic E-state index is 0.616. The Hall–Kier alpha value is -0.930. The van der Waals surface area contributed by atoms with Crippen molar-refractivity contribution in [3.05, 3.63) is 30.1 Å². The van der Waals surface area contributed by atoms with Gasteiger partial charge in [-0.15, -0.1) is 0 Å². The van der Waals surface area contributed by atoms with Crippen LogP contribution in [0.1, 0.15) is 19.4 Å². The van der Waals surface area contributed by atoms with E-state index in [4.69, 9.17) is 0 Å². The van der Waals surface area contributed by atoms with Gasteiger partial charge in [0.25, 0.3) is 0 Å². The summed E-state index contributed by atoms with van der Waals surface area (Å²) in [6, 6.07) is 4.67. The lowest BCUT2D eigenvalue weighted by Gasteiger charge is -2.20. The Balaban J connectivity index is 2.12. The maximum atomic E-state index is 4.08. The molecular weight excluding hydrogens is 186 g/mol. The first-order valence-corrected chi connectivity index (χ1v) is 5.50. The summed E-state index contributed by atoms with van der Waals surface area (Å²) in [6.45, 7) is 7.42. The van der Waals surface area contributed by atoms with Crippen LogP contribution in [0.15, 0.2) is 24.5 Å². The summed E-state index contributed by atoms with van der Waals surface area (Å²) in [5.41, 5.74) is 1.24. The maximum Gasteiger partial charge on any atom is 0.0312 e. The molecule has 1 rings (SSSR count). The van der Waals surface area contributed by atoms with Crippen LogP contribution in [0, 0.1) is 0 Å². The number of nitrogens with one attached hydrogen (secondary N) is 1. The van der Waals surface area contributed by atoms with Crippen LogP contribution in [0.4, 0.5) is 0 Å². The summed E-state index contributed by atoms with van der Waals surface area (Å²) in [4.78, 5) is 6.41. The first-order valence-electron chi connectivity index (χ1n) is 5.50. The summed E-state index contributed by atoms with van der Waals surface area (Å²) in [7, 11) is 2.15. The Labute approximate surface area is 92.5 Å². The minimum absolute atomic E-state index is 0.616.